The standard InChI is InChI=1S/C25H20Cl2N2O4/c1-31-17-7-3-14(4-8-17)21-13-22-19-11-16(26)12-20(27)24(19)33-25(29(22)28-21)23(30)15-5-9-18(32-2)10-6-15/h3-12,22,25H,13H2,1-2H3/t22-,25+/m1/s1. The Bertz CT molecular complexity index is 1240. The van der Waals surface area contributed by atoms with E-state index in [0.29, 0.717) is 33.5 Å². The lowest BCUT2D eigenvalue weighted by Gasteiger charge is -2.37. The van der Waals surface area contributed by atoms with Crippen molar-refractivity contribution in [3.05, 3.63) is 87.4 Å². The van der Waals surface area contributed by atoms with Crippen molar-refractivity contribution in [3.8, 4) is 17.2 Å². The van der Waals surface area contributed by atoms with Gasteiger partial charge in [0, 0.05) is 22.6 Å². The molecular formula is C25H20Cl2N2O4. The number of methoxy groups -OCH3 is 2. The van der Waals surface area contributed by atoms with E-state index >= 15 is 0 Å². The summed E-state index contributed by atoms with van der Waals surface area (Å²) in [5, 5.41) is 7.38. The van der Waals surface area contributed by atoms with Gasteiger partial charge in [0.25, 0.3) is 6.23 Å². The molecule has 0 radical (unpaired) electrons. The molecule has 168 valence electrons. The van der Waals surface area contributed by atoms with E-state index in [9.17, 15) is 4.79 Å². The summed E-state index contributed by atoms with van der Waals surface area (Å²) in [5.41, 5.74) is 3.07. The van der Waals surface area contributed by atoms with Crippen molar-refractivity contribution >= 4 is 34.7 Å². The molecule has 2 aliphatic heterocycles. The van der Waals surface area contributed by atoms with E-state index in [4.69, 9.17) is 42.5 Å². The lowest BCUT2D eigenvalue weighted by atomic mass is 9.95. The number of hydrazone groups is 1. The monoisotopic (exact) mass is 482 g/mol. The molecule has 33 heavy (non-hydrogen) atoms. The summed E-state index contributed by atoms with van der Waals surface area (Å²) in [4.78, 5) is 13.5. The highest BCUT2D eigenvalue weighted by Gasteiger charge is 2.44. The fourth-order valence-corrected chi connectivity index (χ4v) is 4.70. The third-order valence-electron chi connectivity index (χ3n) is 5.83. The van der Waals surface area contributed by atoms with Gasteiger partial charge >= 0.3 is 0 Å². The van der Waals surface area contributed by atoms with Crippen molar-refractivity contribution in [3.63, 3.8) is 0 Å². The molecule has 0 spiro atoms. The molecular weight excluding hydrogens is 463 g/mol. The maximum absolute atomic E-state index is 13.5. The molecule has 0 aromatic heterocycles. The molecule has 8 heteroatoms. The Kier molecular flexibility index (Phi) is 5.64. The first-order valence-electron chi connectivity index (χ1n) is 10.3. The fraction of sp³-hybridized carbons (Fsp3) is 0.200. The number of hydrogen-bond donors (Lipinski definition) is 0. The summed E-state index contributed by atoms with van der Waals surface area (Å²) in [6.45, 7) is 0. The van der Waals surface area contributed by atoms with Gasteiger partial charge in [-0.3, -0.25) is 4.79 Å². The van der Waals surface area contributed by atoms with E-state index in [0.717, 1.165) is 22.6 Å². The van der Waals surface area contributed by atoms with Crippen LogP contribution in [0.5, 0.6) is 17.2 Å². The van der Waals surface area contributed by atoms with Gasteiger partial charge < -0.3 is 14.2 Å². The average Bonchev–Trinajstić information content (AvgIpc) is 3.29. The van der Waals surface area contributed by atoms with Crippen LogP contribution in [0.1, 0.15) is 33.9 Å². The summed E-state index contributed by atoms with van der Waals surface area (Å²) in [6.07, 6.45) is -0.392. The minimum atomic E-state index is -0.967. The average molecular weight is 483 g/mol. The highest BCUT2D eigenvalue weighted by molar-refractivity contribution is 6.35. The fourth-order valence-electron chi connectivity index (χ4n) is 4.14. The number of rotatable bonds is 5. The van der Waals surface area contributed by atoms with Gasteiger partial charge in [-0.05, 0) is 66.2 Å². The van der Waals surface area contributed by atoms with Crippen LogP contribution in [0.3, 0.4) is 0 Å². The SMILES string of the molecule is COc1ccc(C(=O)[C@@H]2Oc3c(Cl)cc(Cl)cc3[C@H]3CC(c4ccc(OC)cc4)=NN32)cc1. The predicted octanol–water partition coefficient (Wildman–Crippen LogP) is 5.76. The van der Waals surface area contributed by atoms with E-state index in [-0.39, 0.29) is 11.8 Å². The summed E-state index contributed by atoms with van der Waals surface area (Å²) >= 11 is 12.8. The second-order valence-corrected chi connectivity index (χ2v) is 8.59. The zero-order chi connectivity index (χ0) is 23.1. The molecule has 5 rings (SSSR count). The predicted molar refractivity (Wildman–Crippen MR) is 127 cm³/mol. The molecule has 0 N–H and O–H groups in total. The Morgan fingerprint density at radius 3 is 2.27 bits per heavy atom. The second-order valence-electron chi connectivity index (χ2n) is 7.74. The third-order valence-corrected chi connectivity index (χ3v) is 6.33. The van der Waals surface area contributed by atoms with Gasteiger partial charge in [0.1, 0.15) is 17.2 Å². The van der Waals surface area contributed by atoms with Crippen molar-refractivity contribution in [2.45, 2.75) is 18.7 Å². The van der Waals surface area contributed by atoms with E-state index < -0.39 is 6.23 Å². The smallest absolute Gasteiger partial charge is 0.251 e. The van der Waals surface area contributed by atoms with Gasteiger partial charge in [-0.1, -0.05) is 23.2 Å². The first-order valence-corrected chi connectivity index (χ1v) is 11.1. The molecule has 2 heterocycles. The Morgan fingerprint density at radius 2 is 1.64 bits per heavy atom. The molecule has 0 fully saturated rings. The molecule has 0 aliphatic carbocycles. The first-order chi connectivity index (χ1) is 16.0. The lowest BCUT2D eigenvalue weighted by molar-refractivity contribution is -0.00448. The van der Waals surface area contributed by atoms with Crippen molar-refractivity contribution in [1.82, 2.24) is 5.01 Å². The van der Waals surface area contributed by atoms with Gasteiger partial charge in [-0.25, -0.2) is 5.01 Å². The molecule has 6 nitrogen and oxygen atoms in total. The van der Waals surface area contributed by atoms with E-state index in [1.54, 1.807) is 49.6 Å². The van der Waals surface area contributed by atoms with Crippen molar-refractivity contribution in [1.29, 1.82) is 0 Å². The molecule has 3 aromatic carbocycles. The molecule has 0 saturated heterocycles. The number of ketones is 1. The summed E-state index contributed by atoms with van der Waals surface area (Å²) in [7, 11) is 3.20. The van der Waals surface area contributed by atoms with Crippen LogP contribution in [-0.4, -0.2) is 37.0 Å². The molecule has 0 saturated carbocycles. The second kappa shape index (κ2) is 8.61. The quantitative estimate of drug-likeness (QED) is 0.432. The van der Waals surface area contributed by atoms with Crippen LogP contribution in [0.2, 0.25) is 10.0 Å². The normalized spacial score (nSPS) is 18.7. The summed E-state index contributed by atoms with van der Waals surface area (Å²) in [6, 6.07) is 17.8. The summed E-state index contributed by atoms with van der Waals surface area (Å²) < 4.78 is 16.6. The molecule has 0 amide bonds. The maximum atomic E-state index is 13.5. The summed E-state index contributed by atoms with van der Waals surface area (Å²) in [5.74, 6) is 1.66. The van der Waals surface area contributed by atoms with Gasteiger partial charge in [0.2, 0.25) is 5.78 Å². The molecule has 0 unspecified atom stereocenters. The van der Waals surface area contributed by atoms with Gasteiger partial charge in [-0.2, -0.15) is 5.10 Å². The molecule has 0 bridgehead atoms. The number of fused-ring (bicyclic) bond motifs is 3. The molecule has 3 aromatic rings. The highest BCUT2D eigenvalue weighted by Crippen LogP contribution is 2.47. The first kappa shape index (κ1) is 21.6. The number of hydrogen-bond acceptors (Lipinski definition) is 6. The topological polar surface area (TPSA) is 60.4 Å². The highest BCUT2D eigenvalue weighted by atomic mass is 35.5. The zero-order valence-corrected chi connectivity index (χ0v) is 19.4. The van der Waals surface area contributed by atoms with E-state index in [1.165, 1.54) is 0 Å². The van der Waals surface area contributed by atoms with Gasteiger partial charge in [0.05, 0.1) is 31.0 Å². The van der Waals surface area contributed by atoms with Crippen molar-refractivity contribution in [2.75, 3.05) is 14.2 Å². The minimum absolute atomic E-state index is 0.223. The van der Waals surface area contributed by atoms with Crippen LogP contribution in [0.4, 0.5) is 0 Å². The number of carbonyl (C=O) groups is 1. The van der Waals surface area contributed by atoms with Crippen LogP contribution in [0.25, 0.3) is 0 Å². The Balaban J connectivity index is 1.56. The lowest BCUT2D eigenvalue weighted by Crippen LogP contribution is -2.46. The number of Topliss-reactive ketones (excluding diaryl/α,β-unsaturated/α-hetero) is 1. The number of halogens is 2. The Labute approximate surface area is 201 Å². The third kappa shape index (κ3) is 3.90. The number of nitrogens with zero attached hydrogens (tertiary/aromatic N) is 2. The van der Waals surface area contributed by atoms with E-state index in [1.807, 2.05) is 30.3 Å². The maximum Gasteiger partial charge on any atom is 0.251 e. The Morgan fingerprint density at radius 1 is 1.00 bits per heavy atom. The van der Waals surface area contributed by atoms with E-state index in [2.05, 4.69) is 0 Å². The van der Waals surface area contributed by atoms with Crippen LogP contribution in [-0.2, 0) is 0 Å². The van der Waals surface area contributed by atoms with Crippen LogP contribution in [0.15, 0.2) is 65.8 Å². The minimum Gasteiger partial charge on any atom is -0.497 e. The largest absolute Gasteiger partial charge is 0.497 e. The van der Waals surface area contributed by atoms with Crippen LogP contribution in [0, 0.1) is 0 Å². The zero-order valence-electron chi connectivity index (χ0n) is 17.9. The number of carbonyl (C=O) groups excluding carboxylic acids is 1. The van der Waals surface area contributed by atoms with Gasteiger partial charge in [-0.15, -0.1) is 0 Å². The van der Waals surface area contributed by atoms with Crippen LogP contribution < -0.4 is 14.2 Å². The van der Waals surface area contributed by atoms with Gasteiger partial charge in [0.15, 0.2) is 0 Å². The number of ether oxygens (including phenoxy) is 3. The van der Waals surface area contributed by atoms with Crippen molar-refractivity contribution in [2.24, 2.45) is 5.10 Å². The molecule has 2 atom stereocenters. The van der Waals surface area contributed by atoms with Crippen LogP contribution >= 0.6 is 23.2 Å². The number of benzene rings is 3. The Hall–Kier alpha value is -3.22. The van der Waals surface area contributed by atoms with Crippen molar-refractivity contribution < 1.29 is 19.0 Å². The molecule has 2 aliphatic rings.